The van der Waals surface area contributed by atoms with E-state index in [4.69, 9.17) is 9.57 Å². The molecule has 0 bridgehead atoms. The summed E-state index contributed by atoms with van der Waals surface area (Å²) >= 11 is 0. The summed E-state index contributed by atoms with van der Waals surface area (Å²) in [5.74, 6) is 1.45. The summed E-state index contributed by atoms with van der Waals surface area (Å²) in [6, 6.07) is 13.0. The molecule has 0 aromatic heterocycles. The Morgan fingerprint density at radius 2 is 2.00 bits per heavy atom. The molecule has 0 N–H and O–H groups in total. The third kappa shape index (κ3) is 1.32. The SMILES string of the molecule is CN1OC[C@H]2COc3ccc4ccccc4c3[C@H]21. The lowest BCUT2D eigenvalue weighted by atomic mass is 9.88. The van der Waals surface area contributed by atoms with E-state index in [-0.39, 0.29) is 0 Å². The zero-order valence-electron chi connectivity index (χ0n) is 10.3. The van der Waals surface area contributed by atoms with E-state index < -0.39 is 0 Å². The fourth-order valence-corrected chi connectivity index (χ4v) is 3.14. The Balaban J connectivity index is 2.01. The number of hydroxylamine groups is 2. The molecule has 2 aromatic rings. The van der Waals surface area contributed by atoms with Gasteiger partial charge in [0, 0.05) is 18.5 Å². The summed E-state index contributed by atoms with van der Waals surface area (Å²) in [5, 5.41) is 4.53. The van der Waals surface area contributed by atoms with Gasteiger partial charge in [0.15, 0.2) is 0 Å². The molecule has 2 atom stereocenters. The monoisotopic (exact) mass is 241 g/mol. The topological polar surface area (TPSA) is 21.7 Å². The number of hydrogen-bond donors (Lipinski definition) is 0. The highest BCUT2D eigenvalue weighted by Gasteiger charge is 2.40. The van der Waals surface area contributed by atoms with Gasteiger partial charge in [0.05, 0.1) is 19.3 Å². The lowest BCUT2D eigenvalue weighted by molar-refractivity contribution is -0.110. The molecule has 0 aliphatic carbocycles. The van der Waals surface area contributed by atoms with Crippen molar-refractivity contribution >= 4 is 10.8 Å². The molecule has 0 amide bonds. The zero-order valence-corrected chi connectivity index (χ0v) is 10.3. The Kier molecular flexibility index (Phi) is 2.13. The highest BCUT2D eigenvalue weighted by Crippen LogP contribution is 2.45. The largest absolute Gasteiger partial charge is 0.493 e. The predicted octanol–water partition coefficient (Wildman–Crippen LogP) is 2.77. The predicted molar refractivity (Wildman–Crippen MR) is 69.4 cm³/mol. The molecule has 3 heteroatoms. The van der Waals surface area contributed by atoms with Crippen LogP contribution >= 0.6 is 0 Å². The van der Waals surface area contributed by atoms with Gasteiger partial charge in [0.25, 0.3) is 0 Å². The van der Waals surface area contributed by atoms with Crippen molar-refractivity contribution in [1.82, 2.24) is 5.06 Å². The van der Waals surface area contributed by atoms with Crippen LogP contribution in [0.3, 0.4) is 0 Å². The molecular weight excluding hydrogens is 226 g/mol. The van der Waals surface area contributed by atoms with E-state index in [2.05, 4.69) is 36.4 Å². The molecule has 0 unspecified atom stereocenters. The maximum atomic E-state index is 5.89. The third-order valence-electron chi connectivity index (χ3n) is 4.01. The van der Waals surface area contributed by atoms with Gasteiger partial charge in [0.2, 0.25) is 0 Å². The minimum Gasteiger partial charge on any atom is -0.493 e. The van der Waals surface area contributed by atoms with Crippen molar-refractivity contribution in [3.05, 3.63) is 42.0 Å². The minimum absolute atomic E-state index is 0.319. The van der Waals surface area contributed by atoms with E-state index in [1.54, 1.807) is 0 Å². The molecule has 1 fully saturated rings. The first kappa shape index (κ1) is 10.4. The van der Waals surface area contributed by atoms with Crippen molar-refractivity contribution in [3.63, 3.8) is 0 Å². The molecule has 2 aromatic carbocycles. The van der Waals surface area contributed by atoms with Crippen molar-refractivity contribution in [2.45, 2.75) is 6.04 Å². The van der Waals surface area contributed by atoms with Crippen molar-refractivity contribution in [3.8, 4) is 5.75 Å². The summed E-state index contributed by atoms with van der Waals surface area (Å²) < 4.78 is 5.89. The zero-order chi connectivity index (χ0) is 12.1. The highest BCUT2D eigenvalue weighted by molar-refractivity contribution is 5.88. The lowest BCUT2D eigenvalue weighted by Crippen LogP contribution is -2.29. The van der Waals surface area contributed by atoms with Gasteiger partial charge in [0.1, 0.15) is 5.75 Å². The molecule has 4 rings (SSSR count). The van der Waals surface area contributed by atoms with E-state index >= 15 is 0 Å². The number of hydrogen-bond acceptors (Lipinski definition) is 3. The Morgan fingerprint density at radius 3 is 2.94 bits per heavy atom. The van der Waals surface area contributed by atoms with Gasteiger partial charge in [-0.05, 0) is 16.8 Å². The van der Waals surface area contributed by atoms with Crippen LogP contribution in [0.2, 0.25) is 0 Å². The Bertz CT molecular complexity index is 610. The van der Waals surface area contributed by atoms with E-state index in [9.17, 15) is 0 Å². The number of rotatable bonds is 0. The summed E-state index contributed by atoms with van der Waals surface area (Å²) in [4.78, 5) is 5.66. The lowest BCUT2D eigenvalue weighted by Gasteiger charge is -2.31. The van der Waals surface area contributed by atoms with Gasteiger partial charge in [-0.3, -0.25) is 4.84 Å². The Hall–Kier alpha value is -1.58. The highest BCUT2D eigenvalue weighted by atomic mass is 16.7. The second-order valence-electron chi connectivity index (χ2n) is 5.06. The van der Waals surface area contributed by atoms with Crippen LogP contribution in [0, 0.1) is 5.92 Å². The smallest absolute Gasteiger partial charge is 0.124 e. The fourth-order valence-electron chi connectivity index (χ4n) is 3.14. The van der Waals surface area contributed by atoms with Crippen LogP contribution < -0.4 is 4.74 Å². The Morgan fingerprint density at radius 1 is 1.11 bits per heavy atom. The quantitative estimate of drug-likeness (QED) is 0.708. The first-order valence-electron chi connectivity index (χ1n) is 6.35. The molecule has 2 heterocycles. The second-order valence-corrected chi connectivity index (χ2v) is 5.06. The molecule has 92 valence electrons. The molecule has 2 aliphatic rings. The van der Waals surface area contributed by atoms with Gasteiger partial charge in [-0.15, -0.1) is 0 Å². The summed E-state index contributed by atoms with van der Waals surface area (Å²) in [6.45, 7) is 1.50. The van der Waals surface area contributed by atoms with E-state index in [1.165, 1.54) is 16.3 Å². The van der Waals surface area contributed by atoms with Crippen LogP contribution in [0.25, 0.3) is 10.8 Å². The molecular formula is C15H15NO2. The van der Waals surface area contributed by atoms with Gasteiger partial charge in [-0.25, -0.2) is 0 Å². The Labute approximate surface area is 106 Å². The number of fused-ring (bicyclic) bond motifs is 5. The normalized spacial score (nSPS) is 26.7. The van der Waals surface area contributed by atoms with Crippen LogP contribution in [0.5, 0.6) is 5.75 Å². The third-order valence-corrected chi connectivity index (χ3v) is 4.01. The van der Waals surface area contributed by atoms with Crippen molar-refractivity contribution in [2.24, 2.45) is 5.92 Å². The van der Waals surface area contributed by atoms with Gasteiger partial charge >= 0.3 is 0 Å². The van der Waals surface area contributed by atoms with Gasteiger partial charge in [-0.1, -0.05) is 30.3 Å². The molecule has 1 saturated heterocycles. The fraction of sp³-hybridized carbons (Fsp3) is 0.333. The number of benzene rings is 2. The summed E-state index contributed by atoms with van der Waals surface area (Å²) in [5.41, 5.74) is 1.28. The standard InChI is InChI=1S/C15H15NO2/c1-16-15-11(9-18-16)8-17-13-7-6-10-4-2-3-5-12(10)14(13)15/h2-7,11,15H,8-9H2,1H3/t11-,15+/m1/s1. The number of nitrogens with zero attached hydrogens (tertiary/aromatic N) is 1. The summed E-state index contributed by atoms with van der Waals surface area (Å²) in [7, 11) is 2.02. The van der Waals surface area contributed by atoms with Crippen LogP contribution in [-0.4, -0.2) is 25.3 Å². The van der Waals surface area contributed by atoms with Crippen LogP contribution in [0.4, 0.5) is 0 Å². The maximum absolute atomic E-state index is 5.89. The van der Waals surface area contributed by atoms with E-state index in [0.29, 0.717) is 12.0 Å². The van der Waals surface area contributed by atoms with Gasteiger partial charge in [-0.2, -0.15) is 5.06 Å². The van der Waals surface area contributed by atoms with Crippen molar-refractivity contribution in [2.75, 3.05) is 20.3 Å². The van der Waals surface area contributed by atoms with Crippen LogP contribution in [-0.2, 0) is 4.84 Å². The summed E-state index contributed by atoms with van der Waals surface area (Å²) in [6.07, 6.45) is 0. The van der Waals surface area contributed by atoms with Crippen molar-refractivity contribution < 1.29 is 9.57 Å². The van der Waals surface area contributed by atoms with Crippen molar-refractivity contribution in [1.29, 1.82) is 0 Å². The first-order chi connectivity index (χ1) is 8.84. The van der Waals surface area contributed by atoms with E-state index in [0.717, 1.165) is 19.0 Å². The van der Waals surface area contributed by atoms with Crippen LogP contribution in [0.1, 0.15) is 11.6 Å². The van der Waals surface area contributed by atoms with E-state index in [1.807, 2.05) is 12.1 Å². The molecule has 2 aliphatic heterocycles. The molecule has 0 saturated carbocycles. The number of ether oxygens (including phenoxy) is 1. The maximum Gasteiger partial charge on any atom is 0.124 e. The average molecular weight is 241 g/mol. The molecule has 0 radical (unpaired) electrons. The molecule has 18 heavy (non-hydrogen) atoms. The second kappa shape index (κ2) is 3.70. The average Bonchev–Trinajstić information content (AvgIpc) is 2.80. The van der Waals surface area contributed by atoms with Gasteiger partial charge < -0.3 is 4.74 Å². The first-order valence-corrected chi connectivity index (χ1v) is 6.35. The molecule has 3 nitrogen and oxygen atoms in total. The molecule has 0 spiro atoms. The minimum atomic E-state index is 0.319. The van der Waals surface area contributed by atoms with Crippen LogP contribution in [0.15, 0.2) is 36.4 Å².